The second-order valence-corrected chi connectivity index (χ2v) is 6.70. The van der Waals surface area contributed by atoms with Gasteiger partial charge < -0.3 is 5.32 Å². The molecular formula is C16H13N3S2. The summed E-state index contributed by atoms with van der Waals surface area (Å²) < 4.78 is 0. The van der Waals surface area contributed by atoms with Gasteiger partial charge in [0, 0.05) is 20.8 Å². The number of thiophene rings is 2. The zero-order valence-electron chi connectivity index (χ0n) is 11.1. The third-order valence-electron chi connectivity index (χ3n) is 3.44. The highest BCUT2D eigenvalue weighted by Gasteiger charge is 2.17. The van der Waals surface area contributed by atoms with Crippen LogP contribution in [0.3, 0.4) is 0 Å². The Kier molecular flexibility index (Phi) is 3.21. The molecule has 0 amide bonds. The fourth-order valence-corrected chi connectivity index (χ4v) is 4.10. The third-order valence-corrected chi connectivity index (χ3v) is 5.31. The van der Waals surface area contributed by atoms with Crippen molar-refractivity contribution in [2.75, 3.05) is 5.32 Å². The number of aromatic nitrogens is 2. The smallest absolute Gasteiger partial charge is 0.0953 e. The first-order valence-electron chi connectivity index (χ1n) is 6.67. The van der Waals surface area contributed by atoms with Gasteiger partial charge in [-0.3, -0.25) is 5.10 Å². The normalized spacial score (nSPS) is 11.3. The highest BCUT2D eigenvalue weighted by atomic mass is 32.1. The first kappa shape index (κ1) is 12.6. The van der Waals surface area contributed by atoms with E-state index in [-0.39, 0.29) is 6.04 Å². The Morgan fingerprint density at radius 3 is 2.38 bits per heavy atom. The van der Waals surface area contributed by atoms with Crippen molar-refractivity contribution in [1.29, 1.82) is 0 Å². The lowest BCUT2D eigenvalue weighted by molar-refractivity contribution is 0.996. The second kappa shape index (κ2) is 5.35. The second-order valence-electron chi connectivity index (χ2n) is 4.75. The molecule has 4 aromatic rings. The zero-order chi connectivity index (χ0) is 14.1. The lowest BCUT2D eigenvalue weighted by Crippen LogP contribution is -2.09. The van der Waals surface area contributed by atoms with Crippen molar-refractivity contribution in [3.63, 3.8) is 0 Å². The standard InChI is InChI=1S/C16H13N3S2/c1-4-12(11-10-17-19-13(11)5-1)18-16(14-6-2-8-20-14)15-7-3-9-21-15/h1-10,16,18H,(H,17,19). The van der Waals surface area contributed by atoms with E-state index in [1.165, 1.54) is 9.75 Å². The lowest BCUT2D eigenvalue weighted by atomic mass is 10.1. The number of anilines is 1. The minimum atomic E-state index is 0.186. The SMILES string of the molecule is c1csc(C(Nc2cccc3[nH]ncc23)c2cccs2)c1. The van der Waals surface area contributed by atoms with Crippen LogP contribution in [0, 0.1) is 0 Å². The van der Waals surface area contributed by atoms with Gasteiger partial charge in [0.15, 0.2) is 0 Å². The van der Waals surface area contributed by atoms with E-state index in [4.69, 9.17) is 0 Å². The van der Waals surface area contributed by atoms with Crippen molar-refractivity contribution < 1.29 is 0 Å². The first-order valence-corrected chi connectivity index (χ1v) is 8.43. The highest BCUT2D eigenvalue weighted by molar-refractivity contribution is 7.11. The highest BCUT2D eigenvalue weighted by Crippen LogP contribution is 2.34. The van der Waals surface area contributed by atoms with Crippen molar-refractivity contribution in [3.05, 3.63) is 69.2 Å². The molecule has 1 aromatic carbocycles. The molecule has 3 nitrogen and oxygen atoms in total. The molecule has 0 saturated carbocycles. The predicted molar refractivity (Wildman–Crippen MR) is 90.2 cm³/mol. The molecule has 0 aliphatic rings. The molecule has 0 bridgehead atoms. The molecule has 4 rings (SSSR count). The van der Waals surface area contributed by atoms with Crippen LogP contribution in [0.4, 0.5) is 5.69 Å². The van der Waals surface area contributed by atoms with Crippen LogP contribution >= 0.6 is 22.7 Å². The molecule has 0 saturated heterocycles. The van der Waals surface area contributed by atoms with Gasteiger partial charge in [0.05, 0.1) is 17.8 Å². The van der Waals surface area contributed by atoms with E-state index in [9.17, 15) is 0 Å². The Balaban J connectivity index is 1.77. The van der Waals surface area contributed by atoms with Crippen molar-refractivity contribution in [2.24, 2.45) is 0 Å². The van der Waals surface area contributed by atoms with E-state index >= 15 is 0 Å². The molecule has 0 atom stereocenters. The molecule has 0 radical (unpaired) electrons. The summed E-state index contributed by atoms with van der Waals surface area (Å²) in [7, 11) is 0. The number of nitrogens with zero attached hydrogens (tertiary/aromatic N) is 1. The molecule has 0 aliphatic heterocycles. The minimum Gasteiger partial charge on any atom is -0.372 e. The number of hydrogen-bond acceptors (Lipinski definition) is 4. The fourth-order valence-electron chi connectivity index (χ4n) is 2.44. The van der Waals surface area contributed by atoms with Gasteiger partial charge in [0.1, 0.15) is 0 Å². The number of nitrogens with one attached hydrogen (secondary N) is 2. The number of benzene rings is 1. The van der Waals surface area contributed by atoms with Gasteiger partial charge >= 0.3 is 0 Å². The summed E-state index contributed by atoms with van der Waals surface area (Å²) in [5.41, 5.74) is 2.16. The zero-order valence-corrected chi connectivity index (χ0v) is 12.7. The van der Waals surface area contributed by atoms with E-state index in [1.807, 2.05) is 18.3 Å². The monoisotopic (exact) mass is 311 g/mol. The molecule has 3 heterocycles. The van der Waals surface area contributed by atoms with Crippen LogP contribution in [0.5, 0.6) is 0 Å². The topological polar surface area (TPSA) is 40.7 Å². The van der Waals surface area contributed by atoms with Gasteiger partial charge in [-0.25, -0.2) is 0 Å². The molecule has 0 fully saturated rings. The van der Waals surface area contributed by atoms with Crippen molar-refractivity contribution in [2.45, 2.75) is 6.04 Å². The number of hydrogen-bond donors (Lipinski definition) is 2. The first-order chi connectivity index (χ1) is 10.4. The summed E-state index contributed by atoms with van der Waals surface area (Å²) in [6, 6.07) is 14.9. The molecule has 21 heavy (non-hydrogen) atoms. The fraction of sp³-hybridized carbons (Fsp3) is 0.0625. The summed E-state index contributed by atoms with van der Waals surface area (Å²) in [5.74, 6) is 0. The van der Waals surface area contributed by atoms with E-state index in [1.54, 1.807) is 22.7 Å². The van der Waals surface area contributed by atoms with Crippen LogP contribution in [-0.4, -0.2) is 10.2 Å². The van der Waals surface area contributed by atoms with E-state index in [2.05, 4.69) is 56.6 Å². The van der Waals surface area contributed by atoms with Crippen molar-refractivity contribution >= 4 is 39.3 Å². The molecule has 0 aliphatic carbocycles. The van der Waals surface area contributed by atoms with Crippen LogP contribution in [0.2, 0.25) is 0 Å². The Hall–Kier alpha value is -2.11. The molecule has 0 spiro atoms. The van der Waals surface area contributed by atoms with Crippen LogP contribution in [-0.2, 0) is 0 Å². The maximum atomic E-state index is 4.13. The summed E-state index contributed by atoms with van der Waals surface area (Å²) >= 11 is 3.55. The average molecular weight is 311 g/mol. The maximum absolute atomic E-state index is 4.13. The predicted octanol–water partition coefficient (Wildman–Crippen LogP) is 4.89. The van der Waals surface area contributed by atoms with Gasteiger partial charge in [-0.05, 0) is 35.0 Å². The molecule has 2 N–H and O–H groups in total. The summed E-state index contributed by atoms with van der Waals surface area (Å²) in [5, 5.41) is 16.2. The van der Waals surface area contributed by atoms with Crippen molar-refractivity contribution in [1.82, 2.24) is 10.2 Å². The Bertz CT molecular complexity index is 797. The van der Waals surface area contributed by atoms with Crippen molar-refractivity contribution in [3.8, 4) is 0 Å². The van der Waals surface area contributed by atoms with Crippen LogP contribution in [0.1, 0.15) is 15.8 Å². The van der Waals surface area contributed by atoms with E-state index < -0.39 is 0 Å². The average Bonchev–Trinajstić information content (AvgIpc) is 3.24. The minimum absolute atomic E-state index is 0.186. The summed E-state index contributed by atoms with van der Waals surface area (Å²) in [4.78, 5) is 2.64. The quantitative estimate of drug-likeness (QED) is 0.563. The molecule has 0 unspecified atom stereocenters. The van der Waals surface area contributed by atoms with Gasteiger partial charge in [-0.1, -0.05) is 18.2 Å². The molecule has 104 valence electrons. The number of rotatable bonds is 4. The Labute approximate surface area is 130 Å². The largest absolute Gasteiger partial charge is 0.372 e. The summed E-state index contributed by atoms with van der Waals surface area (Å²) in [6.45, 7) is 0. The molecular weight excluding hydrogens is 298 g/mol. The number of aromatic amines is 1. The van der Waals surface area contributed by atoms with E-state index in [0.717, 1.165) is 16.6 Å². The molecule has 3 aromatic heterocycles. The van der Waals surface area contributed by atoms with Crippen LogP contribution < -0.4 is 5.32 Å². The third kappa shape index (κ3) is 2.34. The lowest BCUT2D eigenvalue weighted by Gasteiger charge is -2.18. The van der Waals surface area contributed by atoms with Crippen LogP contribution in [0.15, 0.2) is 59.4 Å². The van der Waals surface area contributed by atoms with Gasteiger partial charge in [0.2, 0.25) is 0 Å². The van der Waals surface area contributed by atoms with Crippen LogP contribution in [0.25, 0.3) is 10.9 Å². The summed E-state index contributed by atoms with van der Waals surface area (Å²) in [6.07, 6.45) is 1.87. The Morgan fingerprint density at radius 1 is 0.952 bits per heavy atom. The van der Waals surface area contributed by atoms with E-state index in [0.29, 0.717) is 0 Å². The Morgan fingerprint density at radius 2 is 1.71 bits per heavy atom. The van der Waals surface area contributed by atoms with Gasteiger partial charge in [-0.2, -0.15) is 5.10 Å². The molecule has 5 heteroatoms. The maximum Gasteiger partial charge on any atom is 0.0953 e. The number of fused-ring (bicyclic) bond motifs is 1. The van der Waals surface area contributed by atoms with Gasteiger partial charge in [0.25, 0.3) is 0 Å². The van der Waals surface area contributed by atoms with Gasteiger partial charge in [-0.15, -0.1) is 22.7 Å². The number of H-pyrrole nitrogens is 1.